The summed E-state index contributed by atoms with van der Waals surface area (Å²) in [4.78, 5) is 8.00. The Bertz CT molecular complexity index is 129. The summed E-state index contributed by atoms with van der Waals surface area (Å²) >= 11 is 0. The molecule has 0 aromatic heterocycles. The van der Waals surface area contributed by atoms with Gasteiger partial charge in [-0.3, -0.25) is 10.0 Å². The van der Waals surface area contributed by atoms with Crippen LogP contribution >= 0.6 is 10.0 Å². The van der Waals surface area contributed by atoms with Gasteiger partial charge in [-0.05, 0) is 59.1 Å². The zero-order chi connectivity index (χ0) is 22.3. The number of hydrogen-bond acceptors (Lipinski definition) is 5. The zero-order valence-corrected chi connectivity index (χ0v) is 21.1. The molecule has 25 heavy (non-hydrogen) atoms. The molecule has 0 radical (unpaired) electrons. The summed E-state index contributed by atoms with van der Waals surface area (Å²) in [5.74, 6) is 0.935. The van der Waals surface area contributed by atoms with Crippen molar-refractivity contribution >= 4 is 16.8 Å². The van der Waals surface area contributed by atoms with Crippen LogP contribution in [0.2, 0.25) is 0 Å². The van der Waals surface area contributed by atoms with Gasteiger partial charge in [-0.2, -0.15) is 0 Å². The quantitative estimate of drug-likeness (QED) is 0.752. The molecule has 164 valence electrons. The van der Waals surface area contributed by atoms with Gasteiger partial charge in [-0.15, -0.1) is 0 Å². The molecule has 0 saturated carbocycles. The summed E-state index contributed by atoms with van der Waals surface area (Å²) in [6.07, 6.45) is 11.7. The molecule has 0 atom stereocenters. The third-order valence-electron chi connectivity index (χ3n) is 1.39. The maximum Gasteiger partial charge on any atom is 0.106 e. The van der Waals surface area contributed by atoms with E-state index in [1.807, 2.05) is 35.0 Å². The molecule has 0 saturated heterocycles. The van der Waals surface area contributed by atoms with Gasteiger partial charge in [0.1, 0.15) is 6.79 Å². The molecular weight excluding hydrogens is 336 g/mol. The number of carbonyl (C=O) groups excluding carboxylic acids is 1. The monoisotopic (exact) mass is 390 g/mol. The molecule has 0 spiro atoms. The van der Waals surface area contributed by atoms with Crippen molar-refractivity contribution in [2.75, 3.05) is 81.7 Å². The molecule has 0 aliphatic heterocycles. The lowest BCUT2D eigenvalue weighted by molar-refractivity contribution is -0.0979. The molecule has 0 aromatic rings. The minimum atomic E-state index is -0.167. The van der Waals surface area contributed by atoms with Crippen molar-refractivity contribution in [3.8, 4) is 0 Å². The van der Waals surface area contributed by atoms with Crippen LogP contribution in [-0.2, 0) is 14.3 Å². The number of hydrogen-bond donors (Lipinski definition) is 2. The van der Waals surface area contributed by atoms with Gasteiger partial charge < -0.3 is 24.9 Å². The summed E-state index contributed by atoms with van der Waals surface area (Å²) in [5.41, 5.74) is 0. The van der Waals surface area contributed by atoms with E-state index in [4.69, 9.17) is 4.79 Å². The Morgan fingerprint density at radius 3 is 0.840 bits per heavy atom. The van der Waals surface area contributed by atoms with Crippen molar-refractivity contribution in [3.05, 3.63) is 0 Å². The molecule has 0 bridgehead atoms. The summed E-state index contributed by atoms with van der Waals surface area (Å²) in [6, 6.07) is 0. The van der Waals surface area contributed by atoms with E-state index in [1.54, 1.807) is 28.4 Å². The fraction of sp³-hybridized carbons (Fsp3) is 0.947. The summed E-state index contributed by atoms with van der Waals surface area (Å²) in [6.45, 7) is 8.74. The van der Waals surface area contributed by atoms with Crippen molar-refractivity contribution in [2.24, 2.45) is 5.92 Å². The van der Waals surface area contributed by atoms with E-state index in [0.717, 1.165) is 5.92 Å². The van der Waals surface area contributed by atoms with Crippen LogP contribution in [0.15, 0.2) is 0 Å². The number of methoxy groups -OCH3 is 2. The van der Waals surface area contributed by atoms with Crippen molar-refractivity contribution in [1.82, 2.24) is 10.6 Å². The molecule has 0 aliphatic carbocycles. The molecular formula is C19H54N2O3S. The Hall–Kier alpha value is -0.140. The van der Waals surface area contributed by atoms with Crippen LogP contribution in [0.25, 0.3) is 0 Å². The summed E-state index contributed by atoms with van der Waals surface area (Å²) in [5, 5.41) is 5.50. The van der Waals surface area contributed by atoms with Gasteiger partial charge in [0.2, 0.25) is 0 Å². The van der Waals surface area contributed by atoms with E-state index in [9.17, 15) is 0 Å². The maximum atomic E-state index is 8.00. The lowest BCUT2D eigenvalue weighted by atomic mass is 10.1. The molecule has 0 heterocycles. The first-order valence-electron chi connectivity index (χ1n) is 8.36. The molecule has 0 aliphatic rings. The highest BCUT2D eigenvalue weighted by Gasteiger charge is 1.88. The van der Waals surface area contributed by atoms with E-state index in [0.29, 0.717) is 0 Å². The number of rotatable bonds is 2. The van der Waals surface area contributed by atoms with Gasteiger partial charge in [0.05, 0.1) is 0 Å². The highest BCUT2D eigenvalue weighted by molar-refractivity contribution is 8.31. The fourth-order valence-corrected chi connectivity index (χ4v) is 0.289. The molecule has 0 amide bonds. The first-order valence-corrected chi connectivity index (χ1v) is 11.6. The lowest BCUT2D eigenvalue weighted by Crippen LogP contribution is -1.89. The maximum absolute atomic E-state index is 8.00. The van der Waals surface area contributed by atoms with Gasteiger partial charge in [0.15, 0.2) is 0 Å². The van der Waals surface area contributed by atoms with Crippen LogP contribution in [0.1, 0.15) is 33.6 Å². The third-order valence-corrected chi connectivity index (χ3v) is 1.39. The van der Waals surface area contributed by atoms with Gasteiger partial charge >= 0.3 is 0 Å². The second-order valence-corrected chi connectivity index (χ2v) is 11.1. The van der Waals surface area contributed by atoms with E-state index >= 15 is 0 Å². The Kier molecular flexibility index (Phi) is 100. The van der Waals surface area contributed by atoms with E-state index in [-0.39, 0.29) is 10.0 Å². The highest BCUT2D eigenvalue weighted by Crippen LogP contribution is 2.27. The van der Waals surface area contributed by atoms with Crippen molar-refractivity contribution in [1.29, 1.82) is 0 Å². The fourth-order valence-electron chi connectivity index (χ4n) is 0.289. The second kappa shape index (κ2) is 56.5. The molecule has 0 aromatic carbocycles. The van der Waals surface area contributed by atoms with Crippen molar-refractivity contribution in [3.63, 3.8) is 0 Å². The van der Waals surface area contributed by atoms with Crippen LogP contribution in [-0.4, -0.2) is 88.4 Å². The predicted octanol–water partition coefficient (Wildman–Crippen LogP) is 3.76. The van der Waals surface area contributed by atoms with Gasteiger partial charge in [0, 0.05) is 28.4 Å². The van der Waals surface area contributed by atoms with Crippen LogP contribution in [0.5, 0.6) is 0 Å². The number of nitrogens with one attached hydrogen (secondary N) is 2. The smallest absolute Gasteiger partial charge is 0.106 e. The first-order chi connectivity index (χ1) is 11.5. The molecule has 5 nitrogen and oxygen atoms in total. The largest absolute Gasteiger partial charge is 0.388 e. The van der Waals surface area contributed by atoms with E-state index < -0.39 is 0 Å². The molecule has 0 rings (SSSR count). The topological polar surface area (TPSA) is 59.6 Å². The predicted molar refractivity (Wildman–Crippen MR) is 124 cm³/mol. The summed E-state index contributed by atoms with van der Waals surface area (Å²) < 4.78 is 8.50. The standard InChI is InChI=1S/C6H14.C4H12S.2C2H7N.2C2H6O.CH2O/c1-4-6(3)5-2;1-5(2,3)4;4*1-3-2;1-2/h6H,4-5H2,1-3H3;1-4H3;2*3H,1-2H3;2*1-2H3;1H2. The Morgan fingerprint density at radius 2 is 0.840 bits per heavy atom. The first kappa shape index (κ1) is 44.4. The van der Waals surface area contributed by atoms with Crippen LogP contribution in [0, 0.1) is 5.92 Å². The van der Waals surface area contributed by atoms with Gasteiger partial charge in [-0.25, -0.2) is 0 Å². The average molecular weight is 391 g/mol. The number of carbonyl (C=O) groups is 1. The SMILES string of the molecule is C=O.CCC(C)CC.CNC.CNC.COC.COC.CS(C)(C)C. The van der Waals surface area contributed by atoms with Gasteiger partial charge in [0.25, 0.3) is 0 Å². The normalized spacial score (nSPS) is 8.48. The highest BCUT2D eigenvalue weighted by atomic mass is 32.3. The lowest BCUT2D eigenvalue weighted by Gasteiger charge is -2.15. The molecule has 2 N–H and O–H groups in total. The Labute approximate surface area is 163 Å². The zero-order valence-electron chi connectivity index (χ0n) is 20.3. The minimum Gasteiger partial charge on any atom is -0.388 e. The second-order valence-electron chi connectivity index (χ2n) is 6.19. The van der Waals surface area contributed by atoms with Crippen molar-refractivity contribution < 1.29 is 14.3 Å². The van der Waals surface area contributed by atoms with E-state index in [2.05, 4.69) is 65.9 Å². The van der Waals surface area contributed by atoms with Gasteiger partial charge in [-0.1, -0.05) is 33.6 Å². The Balaban J connectivity index is -0.0000000313. The summed E-state index contributed by atoms with van der Waals surface area (Å²) in [7, 11) is 13.8. The van der Waals surface area contributed by atoms with Crippen LogP contribution in [0.3, 0.4) is 0 Å². The molecule has 0 fully saturated rings. The van der Waals surface area contributed by atoms with Crippen LogP contribution < -0.4 is 10.6 Å². The average Bonchev–Trinajstić information content (AvgIpc) is 2.50. The van der Waals surface area contributed by atoms with E-state index in [1.165, 1.54) is 12.8 Å². The Morgan fingerprint density at radius 1 is 0.760 bits per heavy atom. The minimum absolute atomic E-state index is 0.167. The van der Waals surface area contributed by atoms with Crippen LogP contribution in [0.4, 0.5) is 0 Å². The third kappa shape index (κ3) is 765. The van der Waals surface area contributed by atoms with Crippen molar-refractivity contribution in [2.45, 2.75) is 33.6 Å². The molecule has 0 unspecified atom stereocenters. The molecule has 6 heteroatoms. The number of ether oxygens (including phenoxy) is 2.